The molecule has 1 N–H and O–H groups in total. The van der Waals surface area contributed by atoms with Crippen LogP contribution in [0, 0.1) is 0 Å². The monoisotopic (exact) mass is 304 g/mol. The maximum Gasteiger partial charge on any atom is 0.328 e. The normalized spacial score (nSPS) is 10.6. The first-order chi connectivity index (χ1) is 10.1. The van der Waals surface area contributed by atoms with Crippen LogP contribution in [0.3, 0.4) is 0 Å². The lowest BCUT2D eigenvalue weighted by molar-refractivity contribution is -0.131. The predicted octanol–water partition coefficient (Wildman–Crippen LogP) is 4.24. The molecular weight excluding hydrogens is 292 g/mol. The number of methoxy groups -OCH3 is 1. The molecule has 0 aromatic heterocycles. The van der Waals surface area contributed by atoms with Crippen molar-refractivity contribution >= 4 is 23.6 Å². The first-order valence-electron chi connectivity index (χ1n) is 6.11. The molecule has 0 saturated carbocycles. The zero-order chi connectivity index (χ0) is 15.2. The van der Waals surface area contributed by atoms with Crippen LogP contribution in [0.15, 0.2) is 48.5 Å². The highest BCUT2D eigenvalue weighted by molar-refractivity contribution is 6.30. The van der Waals surface area contributed by atoms with Gasteiger partial charge in [-0.2, -0.15) is 0 Å². The Balaban J connectivity index is 2.32. The van der Waals surface area contributed by atoms with E-state index in [1.54, 1.807) is 49.6 Å². The molecule has 0 spiro atoms. The van der Waals surface area contributed by atoms with Crippen molar-refractivity contribution < 1.29 is 19.4 Å². The van der Waals surface area contributed by atoms with Crippen molar-refractivity contribution in [2.75, 3.05) is 7.11 Å². The number of hydrogen-bond acceptors (Lipinski definition) is 3. The molecule has 0 aliphatic rings. The molecule has 0 bridgehead atoms. The minimum Gasteiger partial charge on any atom is -0.497 e. The third kappa shape index (κ3) is 4.26. The molecule has 108 valence electrons. The second-order valence-corrected chi connectivity index (χ2v) is 4.57. The minimum atomic E-state index is -1.04. The van der Waals surface area contributed by atoms with Crippen molar-refractivity contribution in [2.24, 2.45) is 0 Å². The molecule has 2 aromatic rings. The summed E-state index contributed by atoms with van der Waals surface area (Å²) in [5.74, 6) is 0.721. The molecule has 0 atom stereocenters. The second-order valence-electron chi connectivity index (χ2n) is 4.13. The van der Waals surface area contributed by atoms with Gasteiger partial charge in [-0.15, -0.1) is 0 Å². The summed E-state index contributed by atoms with van der Waals surface area (Å²) in [6.45, 7) is 0. The largest absolute Gasteiger partial charge is 0.497 e. The van der Waals surface area contributed by atoms with Crippen LogP contribution in [0.5, 0.6) is 17.2 Å². The number of carbonyl (C=O) groups is 1. The van der Waals surface area contributed by atoms with Crippen molar-refractivity contribution in [2.45, 2.75) is 0 Å². The minimum absolute atomic E-state index is 0.498. The average molecular weight is 305 g/mol. The Morgan fingerprint density at radius 2 is 1.95 bits per heavy atom. The lowest BCUT2D eigenvalue weighted by atomic mass is 10.2. The van der Waals surface area contributed by atoms with E-state index in [1.807, 2.05) is 0 Å². The SMILES string of the molecule is COc1cccc(Oc2ccc(Cl)cc2/C=C/C(=O)O)c1. The van der Waals surface area contributed by atoms with Crippen molar-refractivity contribution in [1.29, 1.82) is 0 Å². The Hall–Kier alpha value is -2.46. The highest BCUT2D eigenvalue weighted by Gasteiger charge is 2.05. The predicted molar refractivity (Wildman–Crippen MR) is 81.2 cm³/mol. The van der Waals surface area contributed by atoms with Crippen LogP contribution in [0.2, 0.25) is 5.02 Å². The van der Waals surface area contributed by atoms with Gasteiger partial charge in [-0.25, -0.2) is 4.79 Å². The van der Waals surface area contributed by atoms with Crippen LogP contribution in [-0.2, 0) is 4.79 Å². The molecule has 0 amide bonds. The summed E-state index contributed by atoms with van der Waals surface area (Å²) in [6, 6.07) is 12.1. The molecule has 0 aliphatic carbocycles. The molecule has 0 radical (unpaired) electrons. The Morgan fingerprint density at radius 1 is 1.19 bits per heavy atom. The van der Waals surface area contributed by atoms with Crippen molar-refractivity contribution in [3.05, 3.63) is 59.1 Å². The third-order valence-corrected chi connectivity index (χ3v) is 2.88. The zero-order valence-electron chi connectivity index (χ0n) is 11.2. The van der Waals surface area contributed by atoms with E-state index < -0.39 is 5.97 Å². The number of aliphatic carboxylic acids is 1. The van der Waals surface area contributed by atoms with Gasteiger partial charge in [0, 0.05) is 22.7 Å². The smallest absolute Gasteiger partial charge is 0.328 e. The van der Waals surface area contributed by atoms with E-state index in [2.05, 4.69) is 0 Å². The fourth-order valence-electron chi connectivity index (χ4n) is 1.70. The first-order valence-corrected chi connectivity index (χ1v) is 6.49. The van der Waals surface area contributed by atoms with Crippen molar-refractivity contribution in [1.82, 2.24) is 0 Å². The van der Waals surface area contributed by atoms with Crippen LogP contribution < -0.4 is 9.47 Å². The van der Waals surface area contributed by atoms with Gasteiger partial charge in [0.25, 0.3) is 0 Å². The topological polar surface area (TPSA) is 55.8 Å². The van der Waals surface area contributed by atoms with E-state index in [0.717, 1.165) is 6.08 Å². The van der Waals surface area contributed by atoms with Gasteiger partial charge in [0.2, 0.25) is 0 Å². The van der Waals surface area contributed by atoms with Crippen LogP contribution in [0.1, 0.15) is 5.56 Å². The molecule has 5 heteroatoms. The summed E-state index contributed by atoms with van der Waals surface area (Å²) in [5, 5.41) is 9.21. The standard InChI is InChI=1S/C16H13ClO4/c1-20-13-3-2-4-14(10-13)21-15-7-6-12(17)9-11(15)5-8-16(18)19/h2-10H,1H3,(H,18,19)/b8-5+. The summed E-state index contributed by atoms with van der Waals surface area (Å²) in [7, 11) is 1.57. The molecule has 0 heterocycles. The second kappa shape index (κ2) is 6.81. The molecule has 0 fully saturated rings. The van der Waals surface area contributed by atoms with Crippen molar-refractivity contribution in [3.8, 4) is 17.2 Å². The summed E-state index contributed by atoms with van der Waals surface area (Å²) in [6.07, 6.45) is 2.47. The highest BCUT2D eigenvalue weighted by atomic mass is 35.5. The number of ether oxygens (including phenoxy) is 2. The number of hydrogen-bond donors (Lipinski definition) is 1. The van der Waals surface area contributed by atoms with Gasteiger partial charge in [-0.1, -0.05) is 17.7 Å². The number of rotatable bonds is 5. The Labute approximate surface area is 127 Å². The summed E-state index contributed by atoms with van der Waals surface area (Å²) in [4.78, 5) is 10.6. The van der Waals surface area contributed by atoms with E-state index in [-0.39, 0.29) is 0 Å². The van der Waals surface area contributed by atoms with E-state index in [4.69, 9.17) is 26.2 Å². The van der Waals surface area contributed by atoms with Crippen LogP contribution in [0.4, 0.5) is 0 Å². The molecule has 2 rings (SSSR count). The Kier molecular flexibility index (Phi) is 4.85. The van der Waals surface area contributed by atoms with Crippen molar-refractivity contribution in [3.63, 3.8) is 0 Å². The number of benzene rings is 2. The van der Waals surface area contributed by atoms with Gasteiger partial charge in [0.15, 0.2) is 0 Å². The lowest BCUT2D eigenvalue weighted by Crippen LogP contribution is -1.90. The number of carboxylic acids is 1. The van der Waals surface area contributed by atoms with E-state index >= 15 is 0 Å². The van der Waals surface area contributed by atoms with Gasteiger partial charge >= 0.3 is 5.97 Å². The van der Waals surface area contributed by atoms with E-state index in [1.165, 1.54) is 6.08 Å². The Bertz CT molecular complexity index is 680. The van der Waals surface area contributed by atoms with E-state index in [0.29, 0.717) is 27.8 Å². The van der Waals surface area contributed by atoms with Gasteiger partial charge in [-0.05, 0) is 36.4 Å². The van der Waals surface area contributed by atoms with Gasteiger partial charge < -0.3 is 14.6 Å². The summed E-state index contributed by atoms with van der Waals surface area (Å²) in [5.41, 5.74) is 0.577. The summed E-state index contributed by atoms with van der Waals surface area (Å²) >= 11 is 5.93. The molecule has 0 saturated heterocycles. The third-order valence-electron chi connectivity index (χ3n) is 2.65. The van der Waals surface area contributed by atoms with Gasteiger partial charge in [-0.3, -0.25) is 0 Å². The van der Waals surface area contributed by atoms with Crippen LogP contribution >= 0.6 is 11.6 Å². The highest BCUT2D eigenvalue weighted by Crippen LogP contribution is 2.30. The Morgan fingerprint density at radius 3 is 2.67 bits per heavy atom. The quantitative estimate of drug-likeness (QED) is 0.839. The lowest BCUT2D eigenvalue weighted by Gasteiger charge is -2.10. The number of halogens is 1. The first kappa shape index (κ1) is 14.9. The molecular formula is C16H13ClO4. The summed E-state index contributed by atoms with van der Waals surface area (Å²) < 4.78 is 10.9. The number of carboxylic acid groups (broad SMARTS) is 1. The average Bonchev–Trinajstić information content (AvgIpc) is 2.47. The van der Waals surface area contributed by atoms with Gasteiger partial charge in [0.05, 0.1) is 7.11 Å². The maximum atomic E-state index is 10.6. The molecule has 2 aromatic carbocycles. The zero-order valence-corrected chi connectivity index (χ0v) is 12.0. The molecule has 21 heavy (non-hydrogen) atoms. The fraction of sp³-hybridized carbons (Fsp3) is 0.0625. The maximum absolute atomic E-state index is 10.6. The van der Waals surface area contributed by atoms with Crippen LogP contribution in [-0.4, -0.2) is 18.2 Å². The van der Waals surface area contributed by atoms with Crippen LogP contribution in [0.25, 0.3) is 6.08 Å². The molecule has 0 unspecified atom stereocenters. The molecule has 0 aliphatic heterocycles. The van der Waals surface area contributed by atoms with E-state index in [9.17, 15) is 4.79 Å². The molecule has 4 nitrogen and oxygen atoms in total. The fourth-order valence-corrected chi connectivity index (χ4v) is 1.88. The van der Waals surface area contributed by atoms with Gasteiger partial charge in [0.1, 0.15) is 17.2 Å².